The fourth-order valence-corrected chi connectivity index (χ4v) is 2.72. The molecule has 2 N–H and O–H groups in total. The van der Waals surface area contributed by atoms with Crippen LogP contribution < -0.4 is 0 Å². The van der Waals surface area contributed by atoms with Gasteiger partial charge in [-0.25, -0.2) is 0 Å². The second-order valence-electron chi connectivity index (χ2n) is 5.11. The fourth-order valence-electron chi connectivity index (χ4n) is 2.72. The summed E-state index contributed by atoms with van der Waals surface area (Å²) in [6.07, 6.45) is 5.23. The first-order valence-corrected chi connectivity index (χ1v) is 6.96. The summed E-state index contributed by atoms with van der Waals surface area (Å²) in [5, 5.41) is 19.3. The first-order chi connectivity index (χ1) is 9.13. The summed E-state index contributed by atoms with van der Waals surface area (Å²) < 4.78 is 0. The van der Waals surface area contributed by atoms with Gasteiger partial charge in [0.15, 0.2) is 0 Å². The number of nitrogens with zero attached hydrogens (tertiary/aromatic N) is 1. The average molecular weight is 263 g/mol. The summed E-state index contributed by atoms with van der Waals surface area (Å²) in [4.78, 5) is 14.4. The van der Waals surface area contributed by atoms with E-state index in [1.165, 1.54) is 18.2 Å². The van der Waals surface area contributed by atoms with Crippen LogP contribution in [0.3, 0.4) is 0 Å². The average Bonchev–Trinajstić information content (AvgIpc) is 2.65. The lowest BCUT2D eigenvalue weighted by Crippen LogP contribution is -2.39. The Morgan fingerprint density at radius 1 is 1.32 bits per heavy atom. The van der Waals surface area contributed by atoms with Crippen molar-refractivity contribution in [2.75, 3.05) is 6.54 Å². The number of hydrogen-bond donors (Lipinski definition) is 2. The molecule has 1 fully saturated rings. The van der Waals surface area contributed by atoms with Crippen molar-refractivity contribution in [1.82, 2.24) is 4.90 Å². The highest BCUT2D eigenvalue weighted by atomic mass is 16.3. The lowest BCUT2D eigenvalue weighted by atomic mass is 10.1. The zero-order valence-electron chi connectivity index (χ0n) is 11.3. The lowest BCUT2D eigenvalue weighted by Gasteiger charge is -2.29. The zero-order chi connectivity index (χ0) is 13.8. The van der Waals surface area contributed by atoms with Crippen LogP contribution in [-0.4, -0.2) is 33.6 Å². The molecule has 0 saturated carbocycles. The maximum absolute atomic E-state index is 12.5. The van der Waals surface area contributed by atoms with Crippen LogP contribution in [0.4, 0.5) is 0 Å². The topological polar surface area (TPSA) is 60.8 Å². The third-order valence-corrected chi connectivity index (χ3v) is 3.82. The van der Waals surface area contributed by atoms with Crippen LogP contribution in [0, 0.1) is 0 Å². The normalized spacial score (nSPS) is 20.1. The summed E-state index contributed by atoms with van der Waals surface area (Å²) in [6.45, 7) is 2.81. The van der Waals surface area contributed by atoms with Crippen LogP contribution in [0.1, 0.15) is 49.4 Å². The summed E-state index contributed by atoms with van der Waals surface area (Å²) in [5.74, 6) is -0.243. The molecule has 4 nitrogen and oxygen atoms in total. The maximum atomic E-state index is 12.5. The van der Waals surface area contributed by atoms with Crippen LogP contribution in [0.15, 0.2) is 18.2 Å². The number of rotatable bonds is 2. The molecule has 1 saturated heterocycles. The van der Waals surface area contributed by atoms with Gasteiger partial charge in [-0.2, -0.15) is 0 Å². The summed E-state index contributed by atoms with van der Waals surface area (Å²) in [7, 11) is 0. The highest BCUT2D eigenvalue weighted by molar-refractivity contribution is 5.97. The second kappa shape index (κ2) is 5.95. The molecule has 0 aliphatic carbocycles. The van der Waals surface area contributed by atoms with Gasteiger partial charge in [0.25, 0.3) is 5.91 Å². The van der Waals surface area contributed by atoms with Crippen molar-refractivity contribution in [1.29, 1.82) is 0 Å². The molecule has 104 valence electrons. The molecule has 1 unspecified atom stereocenters. The molecular weight excluding hydrogens is 242 g/mol. The molecule has 0 radical (unpaired) electrons. The van der Waals surface area contributed by atoms with Crippen molar-refractivity contribution >= 4 is 5.91 Å². The number of benzene rings is 1. The number of hydrogen-bond acceptors (Lipinski definition) is 3. The minimum absolute atomic E-state index is 0.00372. The summed E-state index contributed by atoms with van der Waals surface area (Å²) >= 11 is 0. The van der Waals surface area contributed by atoms with E-state index in [-0.39, 0.29) is 29.0 Å². The molecule has 19 heavy (non-hydrogen) atoms. The molecule has 1 atom stereocenters. The van der Waals surface area contributed by atoms with E-state index >= 15 is 0 Å². The number of phenols is 2. The Hall–Kier alpha value is -1.71. The van der Waals surface area contributed by atoms with Gasteiger partial charge in [0.05, 0.1) is 5.56 Å². The van der Waals surface area contributed by atoms with E-state index in [9.17, 15) is 15.0 Å². The molecule has 1 amide bonds. The van der Waals surface area contributed by atoms with Crippen LogP contribution in [0.2, 0.25) is 0 Å². The molecule has 0 bridgehead atoms. The third kappa shape index (κ3) is 3.00. The minimum Gasteiger partial charge on any atom is -0.508 e. The van der Waals surface area contributed by atoms with E-state index in [4.69, 9.17) is 0 Å². The van der Waals surface area contributed by atoms with Crippen molar-refractivity contribution in [2.24, 2.45) is 0 Å². The molecule has 1 aromatic rings. The molecule has 0 aromatic heterocycles. The van der Waals surface area contributed by atoms with Crippen molar-refractivity contribution in [3.63, 3.8) is 0 Å². The predicted molar refractivity (Wildman–Crippen MR) is 73.4 cm³/mol. The first-order valence-electron chi connectivity index (χ1n) is 6.96. The molecular formula is C15H21NO3. The van der Waals surface area contributed by atoms with E-state index in [0.717, 1.165) is 38.6 Å². The summed E-state index contributed by atoms with van der Waals surface area (Å²) in [6, 6.07) is 4.32. The number of amides is 1. The maximum Gasteiger partial charge on any atom is 0.257 e. The van der Waals surface area contributed by atoms with Crippen LogP contribution in [0.25, 0.3) is 0 Å². The van der Waals surface area contributed by atoms with Crippen LogP contribution >= 0.6 is 0 Å². The summed E-state index contributed by atoms with van der Waals surface area (Å²) in [5.41, 5.74) is 0.195. The first kappa shape index (κ1) is 13.7. The number of carbonyl (C=O) groups excluding carboxylic acids is 1. The Bertz CT molecular complexity index is 459. The van der Waals surface area contributed by atoms with E-state index < -0.39 is 0 Å². The lowest BCUT2D eigenvalue weighted by molar-refractivity contribution is 0.0674. The predicted octanol–water partition coefficient (Wildman–Crippen LogP) is 2.89. The fraction of sp³-hybridized carbons (Fsp3) is 0.533. The monoisotopic (exact) mass is 263 g/mol. The number of aromatic hydroxyl groups is 2. The van der Waals surface area contributed by atoms with Gasteiger partial charge in [0, 0.05) is 12.6 Å². The van der Waals surface area contributed by atoms with E-state index in [1.54, 1.807) is 0 Å². The van der Waals surface area contributed by atoms with Gasteiger partial charge < -0.3 is 15.1 Å². The molecule has 1 aliphatic rings. The molecule has 2 rings (SSSR count). The van der Waals surface area contributed by atoms with Gasteiger partial charge in [-0.1, -0.05) is 19.8 Å². The quantitative estimate of drug-likeness (QED) is 0.806. The Kier molecular flexibility index (Phi) is 4.30. The Morgan fingerprint density at radius 2 is 2.11 bits per heavy atom. The molecule has 4 heteroatoms. The molecule has 0 spiro atoms. The number of carbonyl (C=O) groups is 1. The van der Waals surface area contributed by atoms with Crippen LogP contribution in [0.5, 0.6) is 11.5 Å². The molecule has 1 aromatic carbocycles. The smallest absolute Gasteiger partial charge is 0.257 e. The van der Waals surface area contributed by atoms with Gasteiger partial charge in [-0.05, 0) is 37.5 Å². The van der Waals surface area contributed by atoms with Crippen LogP contribution in [-0.2, 0) is 0 Å². The van der Waals surface area contributed by atoms with Crippen molar-refractivity contribution < 1.29 is 15.0 Å². The highest BCUT2D eigenvalue weighted by Crippen LogP contribution is 2.27. The second-order valence-corrected chi connectivity index (χ2v) is 5.11. The van der Waals surface area contributed by atoms with Crippen molar-refractivity contribution in [3.05, 3.63) is 23.8 Å². The van der Waals surface area contributed by atoms with E-state index in [1.807, 2.05) is 4.90 Å². The SMILES string of the molecule is CCC1CCCCCN1C(=O)c1cc(O)ccc1O. The molecule has 1 aliphatic heterocycles. The number of phenolic OH excluding ortho intramolecular Hbond substituents is 2. The standard InChI is InChI=1S/C15H21NO3/c1-2-11-6-4-3-5-9-16(11)15(19)13-10-12(17)7-8-14(13)18/h7-8,10-11,17-18H,2-6,9H2,1H3. The van der Waals surface area contributed by atoms with E-state index in [0.29, 0.717) is 0 Å². The largest absolute Gasteiger partial charge is 0.508 e. The van der Waals surface area contributed by atoms with Gasteiger partial charge in [0.2, 0.25) is 0 Å². The highest BCUT2D eigenvalue weighted by Gasteiger charge is 2.26. The number of likely N-dealkylation sites (tertiary alicyclic amines) is 1. The molecule has 1 heterocycles. The Labute approximate surface area is 113 Å². The van der Waals surface area contributed by atoms with Crippen molar-refractivity contribution in [3.8, 4) is 11.5 Å². The Balaban J connectivity index is 2.27. The minimum atomic E-state index is -0.179. The zero-order valence-corrected chi connectivity index (χ0v) is 11.3. The van der Waals surface area contributed by atoms with Gasteiger partial charge >= 0.3 is 0 Å². The third-order valence-electron chi connectivity index (χ3n) is 3.82. The van der Waals surface area contributed by atoms with E-state index in [2.05, 4.69) is 6.92 Å². The van der Waals surface area contributed by atoms with Gasteiger partial charge in [0.1, 0.15) is 11.5 Å². The van der Waals surface area contributed by atoms with Gasteiger partial charge in [-0.15, -0.1) is 0 Å². The van der Waals surface area contributed by atoms with Crippen molar-refractivity contribution in [2.45, 2.75) is 45.1 Å². The van der Waals surface area contributed by atoms with Gasteiger partial charge in [-0.3, -0.25) is 4.79 Å². The Morgan fingerprint density at radius 3 is 2.84 bits per heavy atom.